The maximum atomic E-state index is 11.8. The highest BCUT2D eigenvalue weighted by Crippen LogP contribution is 2.27. The number of hydrogen-bond acceptors (Lipinski definition) is 2. The third kappa shape index (κ3) is 4.52. The maximum Gasteiger partial charge on any atom is 0.198 e. The van der Waals surface area contributed by atoms with Gasteiger partial charge in [-0.2, -0.15) is 0 Å². The molecule has 2 nitrogen and oxygen atoms in total. The molecule has 1 heterocycles. The Morgan fingerprint density at radius 2 is 2.06 bits per heavy atom. The highest BCUT2D eigenvalue weighted by Gasteiger charge is 2.19. The molecule has 0 saturated heterocycles. The third-order valence-corrected chi connectivity index (χ3v) is 2.77. The second kappa shape index (κ2) is 5.17. The van der Waals surface area contributed by atoms with Crippen molar-refractivity contribution in [3.05, 3.63) is 22.6 Å². The normalized spacial score (nSPS) is 13.8. The highest BCUT2D eigenvalue weighted by atomic mass is 79.9. The van der Waals surface area contributed by atoms with Crippen molar-refractivity contribution in [3.63, 3.8) is 0 Å². The lowest BCUT2D eigenvalue weighted by molar-refractivity contribution is 0.0925. The van der Waals surface area contributed by atoms with E-state index in [0.717, 1.165) is 6.42 Å². The average molecular weight is 287 g/mol. The summed E-state index contributed by atoms with van der Waals surface area (Å²) < 4.78 is 5.85. The van der Waals surface area contributed by atoms with E-state index in [2.05, 4.69) is 43.6 Å². The van der Waals surface area contributed by atoms with Crippen LogP contribution >= 0.6 is 15.9 Å². The first-order valence-electron chi connectivity index (χ1n) is 5.56. The zero-order valence-corrected chi connectivity index (χ0v) is 11.9. The molecule has 0 aliphatic heterocycles. The van der Waals surface area contributed by atoms with Crippen molar-refractivity contribution in [2.75, 3.05) is 0 Å². The van der Waals surface area contributed by atoms with Crippen LogP contribution in [0.4, 0.5) is 0 Å². The molecule has 0 spiro atoms. The van der Waals surface area contributed by atoms with E-state index in [0.29, 0.717) is 22.8 Å². The van der Waals surface area contributed by atoms with E-state index in [1.54, 1.807) is 12.1 Å². The lowest BCUT2D eigenvalue weighted by Gasteiger charge is -2.22. The van der Waals surface area contributed by atoms with E-state index >= 15 is 0 Å². The summed E-state index contributed by atoms with van der Waals surface area (Å²) in [6.45, 7) is 8.69. The van der Waals surface area contributed by atoms with Crippen molar-refractivity contribution in [3.8, 4) is 0 Å². The number of hydrogen-bond donors (Lipinski definition) is 0. The Hall–Kier alpha value is -0.570. The van der Waals surface area contributed by atoms with Crippen molar-refractivity contribution < 1.29 is 9.21 Å². The zero-order valence-electron chi connectivity index (χ0n) is 10.3. The van der Waals surface area contributed by atoms with Gasteiger partial charge in [0.1, 0.15) is 0 Å². The van der Waals surface area contributed by atoms with Crippen LogP contribution in [-0.2, 0) is 0 Å². The number of carbonyl (C=O) groups is 1. The predicted octanol–water partition coefficient (Wildman–Crippen LogP) is 4.69. The topological polar surface area (TPSA) is 30.2 Å². The van der Waals surface area contributed by atoms with Gasteiger partial charge in [-0.05, 0) is 45.8 Å². The minimum Gasteiger partial charge on any atom is -0.446 e. The lowest BCUT2D eigenvalue weighted by atomic mass is 9.83. The van der Waals surface area contributed by atoms with Crippen LogP contribution in [0.15, 0.2) is 21.2 Å². The van der Waals surface area contributed by atoms with Crippen molar-refractivity contribution >= 4 is 21.7 Å². The number of ketones is 1. The molecule has 0 N–H and O–H groups in total. The highest BCUT2D eigenvalue weighted by molar-refractivity contribution is 9.10. The Morgan fingerprint density at radius 1 is 1.44 bits per heavy atom. The first-order valence-corrected chi connectivity index (χ1v) is 6.36. The van der Waals surface area contributed by atoms with Gasteiger partial charge in [0.2, 0.25) is 0 Å². The van der Waals surface area contributed by atoms with E-state index in [9.17, 15) is 4.79 Å². The summed E-state index contributed by atoms with van der Waals surface area (Å²) in [4.78, 5) is 11.8. The number of furan rings is 1. The van der Waals surface area contributed by atoms with Crippen LogP contribution in [0.2, 0.25) is 0 Å². The largest absolute Gasteiger partial charge is 0.446 e. The minimum absolute atomic E-state index is 0.0856. The van der Waals surface area contributed by atoms with Gasteiger partial charge in [0, 0.05) is 6.42 Å². The molecule has 1 aromatic heterocycles. The second-order valence-electron chi connectivity index (χ2n) is 5.60. The quantitative estimate of drug-likeness (QED) is 0.752. The van der Waals surface area contributed by atoms with E-state index in [-0.39, 0.29) is 11.2 Å². The smallest absolute Gasteiger partial charge is 0.198 e. The van der Waals surface area contributed by atoms with Gasteiger partial charge in [-0.3, -0.25) is 4.79 Å². The minimum atomic E-state index is 0.0856. The molecule has 0 aliphatic carbocycles. The predicted molar refractivity (Wildman–Crippen MR) is 68.6 cm³/mol. The molecule has 3 heteroatoms. The number of halogens is 1. The van der Waals surface area contributed by atoms with E-state index in [1.807, 2.05) is 0 Å². The molecule has 0 bridgehead atoms. The van der Waals surface area contributed by atoms with Gasteiger partial charge in [0.05, 0.1) is 0 Å². The van der Waals surface area contributed by atoms with Gasteiger partial charge >= 0.3 is 0 Å². The number of carbonyl (C=O) groups excluding carboxylic acids is 1. The Balaban J connectivity index is 2.52. The Bertz CT molecular complexity index is 360. The van der Waals surface area contributed by atoms with Crippen molar-refractivity contribution in [1.29, 1.82) is 0 Å². The van der Waals surface area contributed by atoms with Crippen LogP contribution < -0.4 is 0 Å². The molecule has 1 rings (SSSR count). The molecule has 0 aromatic carbocycles. The van der Waals surface area contributed by atoms with Gasteiger partial charge in [-0.15, -0.1) is 0 Å². The van der Waals surface area contributed by atoms with Crippen LogP contribution in [0.1, 0.15) is 51.1 Å². The molecular weight excluding hydrogens is 268 g/mol. The molecule has 0 aliphatic rings. The molecule has 0 saturated carbocycles. The molecule has 0 fully saturated rings. The average Bonchev–Trinajstić information content (AvgIpc) is 2.47. The number of rotatable bonds is 4. The van der Waals surface area contributed by atoms with Gasteiger partial charge < -0.3 is 4.42 Å². The molecule has 90 valence electrons. The molecule has 1 atom stereocenters. The second-order valence-corrected chi connectivity index (χ2v) is 6.38. The van der Waals surface area contributed by atoms with E-state index in [1.165, 1.54) is 0 Å². The SMILES string of the molecule is CC(CC(=O)c1ccc(Br)o1)CC(C)(C)C. The van der Waals surface area contributed by atoms with Gasteiger partial charge in [-0.25, -0.2) is 0 Å². The van der Waals surface area contributed by atoms with Crippen molar-refractivity contribution in [2.24, 2.45) is 11.3 Å². The summed E-state index contributed by atoms with van der Waals surface area (Å²) in [7, 11) is 0. The summed E-state index contributed by atoms with van der Waals surface area (Å²) in [6.07, 6.45) is 1.60. The summed E-state index contributed by atoms with van der Waals surface area (Å²) in [5, 5.41) is 0. The van der Waals surface area contributed by atoms with Crippen molar-refractivity contribution in [1.82, 2.24) is 0 Å². The van der Waals surface area contributed by atoms with Crippen LogP contribution in [0.5, 0.6) is 0 Å². The summed E-state index contributed by atoms with van der Waals surface area (Å²) in [5.74, 6) is 0.923. The molecule has 1 aromatic rings. The molecule has 16 heavy (non-hydrogen) atoms. The number of Topliss-reactive ketones (excluding diaryl/α,β-unsaturated/α-hetero) is 1. The Labute approximate surface area is 106 Å². The summed E-state index contributed by atoms with van der Waals surface area (Å²) in [6, 6.07) is 3.47. The monoisotopic (exact) mass is 286 g/mol. The fraction of sp³-hybridized carbons (Fsp3) is 0.615. The van der Waals surface area contributed by atoms with Crippen LogP contribution in [0.3, 0.4) is 0 Å². The van der Waals surface area contributed by atoms with E-state index in [4.69, 9.17) is 4.42 Å². The van der Waals surface area contributed by atoms with E-state index < -0.39 is 0 Å². The van der Waals surface area contributed by atoms with Crippen LogP contribution in [0.25, 0.3) is 0 Å². The van der Waals surface area contributed by atoms with Crippen LogP contribution in [-0.4, -0.2) is 5.78 Å². The fourth-order valence-electron chi connectivity index (χ4n) is 2.00. The molecular formula is C13H19BrO2. The maximum absolute atomic E-state index is 11.8. The standard InChI is InChI=1S/C13H19BrO2/c1-9(8-13(2,3)4)7-10(15)11-5-6-12(14)16-11/h5-6,9H,7-8H2,1-4H3. The lowest BCUT2D eigenvalue weighted by Crippen LogP contribution is -2.14. The summed E-state index contributed by atoms with van der Waals surface area (Å²) >= 11 is 3.20. The molecule has 0 amide bonds. The summed E-state index contributed by atoms with van der Waals surface area (Å²) in [5.41, 5.74) is 0.267. The first kappa shape index (κ1) is 13.5. The van der Waals surface area contributed by atoms with Crippen molar-refractivity contribution in [2.45, 2.75) is 40.5 Å². The first-order chi connectivity index (χ1) is 7.28. The zero-order chi connectivity index (χ0) is 12.3. The molecule has 1 unspecified atom stereocenters. The molecule has 0 radical (unpaired) electrons. The van der Waals surface area contributed by atoms with Crippen LogP contribution in [0, 0.1) is 11.3 Å². The Morgan fingerprint density at radius 3 is 2.50 bits per heavy atom. The fourth-order valence-corrected chi connectivity index (χ4v) is 2.31. The van der Waals surface area contributed by atoms with Gasteiger partial charge in [0.15, 0.2) is 16.2 Å². The third-order valence-electron chi connectivity index (χ3n) is 2.34. The van der Waals surface area contributed by atoms with Gasteiger partial charge in [-0.1, -0.05) is 27.7 Å². The Kier molecular flexibility index (Phi) is 4.36. The van der Waals surface area contributed by atoms with Gasteiger partial charge in [0.25, 0.3) is 0 Å².